The summed E-state index contributed by atoms with van der Waals surface area (Å²) in [6, 6.07) is 9.63. The average Bonchev–Trinajstić information content (AvgIpc) is 2.63. The van der Waals surface area contributed by atoms with Gasteiger partial charge in [-0.2, -0.15) is 0 Å². The third-order valence-corrected chi connectivity index (χ3v) is 5.14. The van der Waals surface area contributed by atoms with Crippen LogP contribution in [0.3, 0.4) is 0 Å². The van der Waals surface area contributed by atoms with Crippen molar-refractivity contribution in [1.29, 1.82) is 0 Å². The molecule has 1 heterocycles. The Balaban J connectivity index is 1.56. The van der Waals surface area contributed by atoms with Crippen molar-refractivity contribution in [3.63, 3.8) is 0 Å². The highest BCUT2D eigenvalue weighted by Gasteiger charge is 2.41. The molecule has 2 atom stereocenters. The van der Waals surface area contributed by atoms with Crippen molar-refractivity contribution in [2.24, 2.45) is 0 Å². The van der Waals surface area contributed by atoms with Crippen LogP contribution in [0.2, 0.25) is 5.02 Å². The summed E-state index contributed by atoms with van der Waals surface area (Å²) in [5, 5.41) is 24.6. The molecule has 0 bridgehead atoms. The molecule has 28 heavy (non-hydrogen) atoms. The Bertz CT molecular complexity index is 830. The predicted octanol–water partition coefficient (Wildman–Crippen LogP) is 2.35. The van der Waals surface area contributed by atoms with E-state index in [9.17, 15) is 23.8 Å². The molecule has 0 spiro atoms. The number of carbonyl (C=O) groups is 1. The number of rotatable bonds is 5. The lowest BCUT2D eigenvalue weighted by Gasteiger charge is -2.42. The van der Waals surface area contributed by atoms with E-state index >= 15 is 0 Å². The van der Waals surface area contributed by atoms with Crippen LogP contribution in [0.5, 0.6) is 0 Å². The number of benzene rings is 2. The molecule has 1 fully saturated rings. The number of hydrogen-bond acceptors (Lipinski definition) is 4. The lowest BCUT2D eigenvalue weighted by atomic mass is 9.88. The van der Waals surface area contributed by atoms with Gasteiger partial charge in [-0.25, -0.2) is 8.78 Å². The van der Waals surface area contributed by atoms with E-state index in [1.165, 1.54) is 17.0 Å². The van der Waals surface area contributed by atoms with Crippen molar-refractivity contribution in [2.75, 3.05) is 19.6 Å². The number of carbonyl (C=O) groups excluding carboxylic acids is 1. The molecule has 0 radical (unpaired) electrons. The van der Waals surface area contributed by atoms with Crippen molar-refractivity contribution in [2.45, 2.75) is 24.7 Å². The number of likely N-dealkylation sites (tertiary alicyclic amines) is 1. The highest BCUT2D eigenvalue weighted by Crippen LogP contribution is 2.24. The van der Waals surface area contributed by atoms with E-state index in [0.29, 0.717) is 16.1 Å². The van der Waals surface area contributed by atoms with E-state index in [2.05, 4.69) is 5.32 Å². The minimum Gasteiger partial charge on any atom is -0.388 e. The van der Waals surface area contributed by atoms with Gasteiger partial charge in [0, 0.05) is 42.8 Å². The van der Waals surface area contributed by atoms with Gasteiger partial charge in [-0.05, 0) is 48.4 Å². The second kappa shape index (κ2) is 8.53. The number of aliphatic hydroxyl groups excluding tert-OH is 1. The molecule has 8 heteroatoms. The van der Waals surface area contributed by atoms with Crippen LogP contribution < -0.4 is 5.32 Å². The topological polar surface area (TPSA) is 72.8 Å². The van der Waals surface area contributed by atoms with E-state index in [1.54, 1.807) is 24.3 Å². The molecule has 1 aliphatic heterocycles. The zero-order valence-corrected chi connectivity index (χ0v) is 15.8. The van der Waals surface area contributed by atoms with Crippen molar-refractivity contribution >= 4 is 17.5 Å². The molecule has 1 amide bonds. The van der Waals surface area contributed by atoms with Gasteiger partial charge in [0.05, 0.1) is 0 Å². The highest BCUT2D eigenvalue weighted by atomic mass is 35.5. The molecular weight excluding hydrogens is 390 g/mol. The van der Waals surface area contributed by atoms with Gasteiger partial charge in [-0.15, -0.1) is 0 Å². The van der Waals surface area contributed by atoms with Crippen LogP contribution in [0.1, 0.15) is 22.3 Å². The highest BCUT2D eigenvalue weighted by molar-refractivity contribution is 6.30. The summed E-state index contributed by atoms with van der Waals surface area (Å²) in [5.74, 6) is -1.60. The van der Waals surface area contributed by atoms with Crippen molar-refractivity contribution < 1.29 is 23.8 Å². The predicted molar refractivity (Wildman–Crippen MR) is 101 cm³/mol. The summed E-state index contributed by atoms with van der Waals surface area (Å²) >= 11 is 5.83. The van der Waals surface area contributed by atoms with Crippen LogP contribution >= 0.6 is 11.6 Å². The first-order chi connectivity index (χ1) is 13.3. The second-order valence-electron chi connectivity index (χ2n) is 7.01. The molecule has 2 aromatic rings. The Kier molecular flexibility index (Phi) is 6.30. The molecule has 3 N–H and O–H groups in total. The van der Waals surface area contributed by atoms with Gasteiger partial charge in [-0.3, -0.25) is 4.79 Å². The summed E-state index contributed by atoms with van der Waals surface area (Å²) < 4.78 is 26.5. The van der Waals surface area contributed by atoms with Gasteiger partial charge in [-0.1, -0.05) is 11.6 Å². The maximum Gasteiger partial charge on any atom is 0.253 e. The van der Waals surface area contributed by atoms with E-state index < -0.39 is 23.3 Å². The molecule has 2 aromatic carbocycles. The first kappa shape index (κ1) is 20.7. The first-order valence-electron chi connectivity index (χ1n) is 8.88. The monoisotopic (exact) mass is 410 g/mol. The van der Waals surface area contributed by atoms with Gasteiger partial charge in [0.2, 0.25) is 0 Å². The minimum atomic E-state index is -1.44. The minimum absolute atomic E-state index is 0.0196. The van der Waals surface area contributed by atoms with Crippen LogP contribution in [-0.4, -0.2) is 52.4 Å². The smallest absolute Gasteiger partial charge is 0.253 e. The fourth-order valence-electron chi connectivity index (χ4n) is 3.27. The molecular formula is C20H21ClF2N2O3. The molecule has 3 rings (SSSR count). The maximum absolute atomic E-state index is 13.2. The standard InChI is InChI=1S/C20H21ClF2N2O3/c21-15-3-1-14(2-4-15)19(27)25-6-5-20(28,18(26)11-25)12-24-10-13-7-16(22)9-17(23)8-13/h1-4,7-9,18,24,26,28H,5-6,10-12H2/t18-,20-/m0/s1. The molecule has 5 nitrogen and oxygen atoms in total. The van der Waals surface area contributed by atoms with Crippen LogP contribution in [0.25, 0.3) is 0 Å². The number of nitrogens with zero attached hydrogens (tertiary/aromatic N) is 1. The molecule has 1 aliphatic rings. The van der Waals surface area contributed by atoms with Crippen molar-refractivity contribution in [3.8, 4) is 0 Å². The maximum atomic E-state index is 13.2. The Labute approximate surface area is 166 Å². The lowest BCUT2D eigenvalue weighted by molar-refractivity contribution is -0.110. The molecule has 150 valence electrons. The molecule has 0 aromatic heterocycles. The third kappa shape index (κ3) is 4.86. The van der Waals surface area contributed by atoms with Crippen LogP contribution in [-0.2, 0) is 6.54 Å². The van der Waals surface area contributed by atoms with Gasteiger partial charge in [0.25, 0.3) is 5.91 Å². The van der Waals surface area contributed by atoms with Crippen LogP contribution in [0.15, 0.2) is 42.5 Å². The van der Waals surface area contributed by atoms with Crippen molar-refractivity contribution in [1.82, 2.24) is 10.2 Å². The number of nitrogens with one attached hydrogen (secondary N) is 1. The Morgan fingerprint density at radius 3 is 2.46 bits per heavy atom. The quantitative estimate of drug-likeness (QED) is 0.707. The summed E-state index contributed by atoms with van der Waals surface area (Å²) in [6.45, 7) is 0.409. The number of piperidine rings is 1. The number of β-amino-alcohol motifs (C(OH)–C–C–N with tert-alkyl or cyclic N) is 1. The second-order valence-corrected chi connectivity index (χ2v) is 7.45. The number of amides is 1. The molecule has 0 saturated carbocycles. The van der Waals surface area contributed by atoms with Crippen LogP contribution in [0, 0.1) is 11.6 Å². The lowest BCUT2D eigenvalue weighted by Crippen LogP contribution is -2.60. The number of aliphatic hydroxyl groups is 2. The third-order valence-electron chi connectivity index (χ3n) is 4.89. The molecule has 0 aliphatic carbocycles. The summed E-state index contributed by atoms with van der Waals surface area (Å²) in [7, 11) is 0. The summed E-state index contributed by atoms with van der Waals surface area (Å²) in [5.41, 5.74) is -0.595. The normalized spacial score (nSPS) is 22.3. The van der Waals surface area contributed by atoms with Gasteiger partial charge in [0.15, 0.2) is 0 Å². The zero-order valence-electron chi connectivity index (χ0n) is 15.0. The van der Waals surface area contributed by atoms with Crippen molar-refractivity contribution in [3.05, 3.63) is 70.2 Å². The Hall–Kier alpha value is -2.06. The summed E-state index contributed by atoms with van der Waals surface area (Å²) in [6.07, 6.45) is -0.993. The van der Waals surface area contributed by atoms with E-state index in [-0.39, 0.29) is 38.5 Å². The van der Waals surface area contributed by atoms with E-state index in [0.717, 1.165) is 6.07 Å². The summed E-state index contributed by atoms with van der Waals surface area (Å²) in [4.78, 5) is 14.0. The fraction of sp³-hybridized carbons (Fsp3) is 0.350. The van der Waals surface area contributed by atoms with Gasteiger partial charge >= 0.3 is 0 Å². The largest absolute Gasteiger partial charge is 0.388 e. The molecule has 0 unspecified atom stereocenters. The Morgan fingerprint density at radius 1 is 1.21 bits per heavy atom. The zero-order chi connectivity index (χ0) is 20.3. The Morgan fingerprint density at radius 2 is 1.86 bits per heavy atom. The van der Waals surface area contributed by atoms with E-state index in [4.69, 9.17) is 11.6 Å². The first-order valence-corrected chi connectivity index (χ1v) is 9.26. The average molecular weight is 411 g/mol. The van der Waals surface area contributed by atoms with Gasteiger partial charge < -0.3 is 20.4 Å². The fourth-order valence-corrected chi connectivity index (χ4v) is 3.39. The number of halogens is 3. The number of hydrogen-bond donors (Lipinski definition) is 3. The molecule has 1 saturated heterocycles. The van der Waals surface area contributed by atoms with E-state index in [1.807, 2.05) is 0 Å². The van der Waals surface area contributed by atoms with Gasteiger partial charge in [0.1, 0.15) is 23.3 Å². The van der Waals surface area contributed by atoms with Crippen LogP contribution in [0.4, 0.5) is 8.78 Å². The SMILES string of the molecule is O=C(c1ccc(Cl)cc1)N1CC[C@](O)(CNCc2cc(F)cc(F)c2)[C@@H](O)C1.